The quantitative estimate of drug-likeness (QED) is 0.470. The van der Waals surface area contributed by atoms with E-state index in [4.69, 9.17) is 0 Å². The minimum Gasteiger partial charge on any atom is -0.299 e. The van der Waals surface area contributed by atoms with Crippen LogP contribution in [0.1, 0.15) is 19.8 Å². The van der Waals surface area contributed by atoms with E-state index in [1.54, 1.807) is 13.0 Å². The molecule has 0 saturated heterocycles. The molecule has 0 radical (unpaired) electrons. The summed E-state index contributed by atoms with van der Waals surface area (Å²) < 4.78 is 0. The minimum absolute atomic E-state index is 0.0532. The third-order valence-electron chi connectivity index (χ3n) is 1.75. The molecule has 1 aliphatic carbocycles. The predicted octanol–water partition coefficient (Wildman–Crippen LogP) is 1.11. The van der Waals surface area contributed by atoms with E-state index in [0.29, 0.717) is 6.42 Å². The van der Waals surface area contributed by atoms with Crippen LogP contribution in [0.4, 0.5) is 0 Å². The maximum absolute atomic E-state index is 11.0. The first-order valence-electron chi connectivity index (χ1n) is 3.45. The van der Waals surface area contributed by atoms with Crippen LogP contribution in [0, 0.1) is 5.92 Å². The molecule has 0 aliphatic heterocycles. The predicted molar refractivity (Wildman–Crippen MR) is 37.6 cm³/mol. The first-order chi connectivity index (χ1) is 4.72. The molecule has 0 N–H and O–H groups in total. The van der Waals surface area contributed by atoms with Gasteiger partial charge in [0.2, 0.25) is 0 Å². The summed E-state index contributed by atoms with van der Waals surface area (Å²) in [6, 6.07) is 0. The smallest absolute Gasteiger partial charge is 0.165 e. The van der Waals surface area contributed by atoms with Crippen LogP contribution in [0.5, 0.6) is 0 Å². The van der Waals surface area contributed by atoms with Crippen LogP contribution >= 0.6 is 0 Å². The van der Waals surface area contributed by atoms with Gasteiger partial charge in [-0.1, -0.05) is 6.08 Å². The Hall–Kier alpha value is -0.920. The summed E-state index contributed by atoms with van der Waals surface area (Å²) in [6.45, 7) is 1.67. The van der Waals surface area contributed by atoms with E-state index in [1.165, 1.54) is 6.08 Å². The number of carbonyl (C=O) groups excluding carboxylic acids is 2. The molecule has 54 valence electrons. The van der Waals surface area contributed by atoms with Crippen LogP contribution in [0.3, 0.4) is 0 Å². The Morgan fingerprint density at radius 3 is 2.90 bits per heavy atom. The van der Waals surface area contributed by atoms with Crippen LogP contribution in [0.25, 0.3) is 0 Å². The monoisotopic (exact) mass is 138 g/mol. The number of hydrogen-bond donors (Lipinski definition) is 0. The Bertz CT molecular complexity index is 191. The summed E-state index contributed by atoms with van der Waals surface area (Å²) >= 11 is 0. The lowest BCUT2D eigenvalue weighted by molar-refractivity contribution is -0.129. The number of Topliss-reactive ketones (excluding diaryl/α,β-unsaturated/α-hetero) is 1. The van der Waals surface area contributed by atoms with Gasteiger partial charge < -0.3 is 0 Å². The highest BCUT2D eigenvalue weighted by Gasteiger charge is 2.19. The van der Waals surface area contributed by atoms with Crippen molar-refractivity contribution in [3.8, 4) is 0 Å². The fourth-order valence-corrected chi connectivity index (χ4v) is 0.945. The topological polar surface area (TPSA) is 34.1 Å². The molecule has 0 heterocycles. The summed E-state index contributed by atoms with van der Waals surface area (Å²) in [6.07, 6.45) is 4.51. The lowest BCUT2D eigenvalue weighted by atomic mass is 10.0. The molecule has 10 heavy (non-hydrogen) atoms. The first-order valence-corrected chi connectivity index (χ1v) is 3.45. The highest BCUT2D eigenvalue weighted by molar-refractivity contribution is 6.07. The molecule has 0 aromatic rings. The Kier molecular flexibility index (Phi) is 2.00. The molecule has 0 fully saturated rings. The van der Waals surface area contributed by atoms with Gasteiger partial charge in [0.1, 0.15) is 5.78 Å². The van der Waals surface area contributed by atoms with Crippen molar-refractivity contribution >= 4 is 11.6 Å². The second-order valence-corrected chi connectivity index (χ2v) is 2.53. The van der Waals surface area contributed by atoms with Gasteiger partial charge in [-0.2, -0.15) is 0 Å². The van der Waals surface area contributed by atoms with Crippen LogP contribution in [0.15, 0.2) is 12.2 Å². The molecule has 0 saturated carbocycles. The van der Waals surface area contributed by atoms with Gasteiger partial charge in [0.05, 0.1) is 5.92 Å². The number of rotatable bonds is 0. The average molecular weight is 138 g/mol. The third-order valence-corrected chi connectivity index (χ3v) is 1.75. The summed E-state index contributed by atoms with van der Waals surface area (Å²) in [5.41, 5.74) is 0. The molecule has 1 aliphatic rings. The van der Waals surface area contributed by atoms with E-state index in [-0.39, 0.29) is 11.6 Å². The second-order valence-electron chi connectivity index (χ2n) is 2.53. The SMILES string of the molecule is CC1C(=O)C=CCCC1=O. The molecule has 0 bridgehead atoms. The van der Waals surface area contributed by atoms with E-state index in [9.17, 15) is 9.59 Å². The van der Waals surface area contributed by atoms with Crippen molar-refractivity contribution in [2.75, 3.05) is 0 Å². The summed E-state index contributed by atoms with van der Waals surface area (Å²) in [5.74, 6) is -0.392. The molecule has 2 heteroatoms. The molecule has 0 aromatic carbocycles. The number of hydrogen-bond acceptors (Lipinski definition) is 2. The van der Waals surface area contributed by atoms with Gasteiger partial charge in [-0.15, -0.1) is 0 Å². The molecule has 1 rings (SSSR count). The molecule has 1 atom stereocenters. The largest absolute Gasteiger partial charge is 0.299 e. The van der Waals surface area contributed by atoms with Crippen LogP contribution in [-0.2, 0) is 9.59 Å². The number of ketones is 2. The minimum atomic E-state index is -0.404. The second kappa shape index (κ2) is 2.78. The molecule has 0 spiro atoms. The zero-order valence-electron chi connectivity index (χ0n) is 5.96. The van der Waals surface area contributed by atoms with Crippen LogP contribution < -0.4 is 0 Å². The van der Waals surface area contributed by atoms with E-state index in [1.807, 2.05) is 0 Å². The van der Waals surface area contributed by atoms with E-state index < -0.39 is 5.92 Å². The van der Waals surface area contributed by atoms with Crippen molar-refractivity contribution in [2.24, 2.45) is 5.92 Å². The van der Waals surface area contributed by atoms with E-state index >= 15 is 0 Å². The van der Waals surface area contributed by atoms with Crippen molar-refractivity contribution in [2.45, 2.75) is 19.8 Å². The van der Waals surface area contributed by atoms with E-state index in [0.717, 1.165) is 6.42 Å². The maximum atomic E-state index is 11.0. The highest BCUT2D eigenvalue weighted by Crippen LogP contribution is 2.10. The number of carbonyl (C=O) groups is 2. The van der Waals surface area contributed by atoms with Crippen molar-refractivity contribution in [1.29, 1.82) is 0 Å². The van der Waals surface area contributed by atoms with Crippen LogP contribution in [-0.4, -0.2) is 11.6 Å². The van der Waals surface area contributed by atoms with Gasteiger partial charge in [-0.25, -0.2) is 0 Å². The fraction of sp³-hybridized carbons (Fsp3) is 0.500. The van der Waals surface area contributed by atoms with Gasteiger partial charge in [0.15, 0.2) is 5.78 Å². The third kappa shape index (κ3) is 1.32. The fourth-order valence-electron chi connectivity index (χ4n) is 0.945. The van der Waals surface area contributed by atoms with Gasteiger partial charge >= 0.3 is 0 Å². The van der Waals surface area contributed by atoms with Gasteiger partial charge in [0.25, 0.3) is 0 Å². The first kappa shape index (κ1) is 7.19. The molecule has 0 amide bonds. The van der Waals surface area contributed by atoms with Gasteiger partial charge in [-0.05, 0) is 19.4 Å². The molecule has 0 aromatic heterocycles. The Morgan fingerprint density at radius 2 is 2.20 bits per heavy atom. The Morgan fingerprint density at radius 1 is 1.50 bits per heavy atom. The zero-order valence-corrected chi connectivity index (χ0v) is 5.96. The standard InChI is InChI=1S/C8H10O2/c1-6-7(9)4-2-3-5-8(6)10/h2,4,6H,3,5H2,1H3. The molecule has 2 nitrogen and oxygen atoms in total. The normalized spacial score (nSPS) is 26.7. The highest BCUT2D eigenvalue weighted by atomic mass is 16.1. The van der Waals surface area contributed by atoms with Crippen molar-refractivity contribution in [1.82, 2.24) is 0 Å². The maximum Gasteiger partial charge on any atom is 0.165 e. The summed E-state index contributed by atoms with van der Waals surface area (Å²) in [5, 5.41) is 0. The summed E-state index contributed by atoms with van der Waals surface area (Å²) in [4.78, 5) is 21.9. The number of allylic oxidation sites excluding steroid dienone is 2. The Labute approximate surface area is 59.9 Å². The molecular formula is C8H10O2. The van der Waals surface area contributed by atoms with Gasteiger partial charge in [-0.3, -0.25) is 9.59 Å². The molecular weight excluding hydrogens is 128 g/mol. The summed E-state index contributed by atoms with van der Waals surface area (Å²) in [7, 11) is 0. The van der Waals surface area contributed by atoms with Crippen molar-refractivity contribution < 1.29 is 9.59 Å². The lowest BCUT2D eigenvalue weighted by Crippen LogP contribution is -2.16. The van der Waals surface area contributed by atoms with Gasteiger partial charge in [0, 0.05) is 6.42 Å². The Balaban J connectivity index is 2.76. The zero-order chi connectivity index (χ0) is 7.56. The lowest BCUT2D eigenvalue weighted by Gasteiger charge is -2.00. The van der Waals surface area contributed by atoms with E-state index in [2.05, 4.69) is 0 Å². The van der Waals surface area contributed by atoms with Crippen molar-refractivity contribution in [3.63, 3.8) is 0 Å². The average Bonchev–Trinajstić information content (AvgIpc) is 2.04. The molecule has 1 unspecified atom stereocenters. The van der Waals surface area contributed by atoms with Crippen LogP contribution in [0.2, 0.25) is 0 Å². The van der Waals surface area contributed by atoms with Crippen molar-refractivity contribution in [3.05, 3.63) is 12.2 Å².